The van der Waals surface area contributed by atoms with Crippen molar-refractivity contribution in [1.29, 1.82) is 0 Å². The van der Waals surface area contributed by atoms with Gasteiger partial charge in [0.2, 0.25) is 0 Å². The molecule has 0 radical (unpaired) electrons. The van der Waals surface area contributed by atoms with Crippen LogP contribution in [-0.2, 0) is 0 Å². The molecule has 2 unspecified atom stereocenters. The van der Waals surface area contributed by atoms with Crippen molar-refractivity contribution in [3.63, 3.8) is 0 Å². The van der Waals surface area contributed by atoms with Gasteiger partial charge in [0.25, 0.3) is 11.8 Å². The van der Waals surface area contributed by atoms with Crippen LogP contribution in [0.2, 0.25) is 0 Å². The summed E-state index contributed by atoms with van der Waals surface area (Å²) in [6.07, 6.45) is 0. The third kappa shape index (κ3) is 3.78. The molecule has 138 valence electrons. The molecule has 2 N–H and O–H groups in total. The van der Waals surface area contributed by atoms with E-state index in [1.807, 2.05) is 18.7 Å². The highest BCUT2D eigenvalue weighted by molar-refractivity contribution is 7.18. The zero-order chi connectivity index (χ0) is 18.8. The first-order valence-electron chi connectivity index (χ1n) is 8.58. The van der Waals surface area contributed by atoms with Gasteiger partial charge in [0.15, 0.2) is 0 Å². The Hall–Kier alpha value is -2.25. The van der Waals surface area contributed by atoms with Crippen LogP contribution in [0.1, 0.15) is 39.4 Å². The summed E-state index contributed by atoms with van der Waals surface area (Å²) in [5.41, 5.74) is 1.07. The number of halogens is 1. The van der Waals surface area contributed by atoms with Crippen LogP contribution in [0.4, 0.5) is 9.39 Å². The van der Waals surface area contributed by atoms with E-state index in [9.17, 15) is 14.0 Å². The molecule has 2 heterocycles. The maximum absolute atomic E-state index is 13.3. The van der Waals surface area contributed by atoms with Crippen LogP contribution in [0.3, 0.4) is 0 Å². The number of piperazine rings is 1. The molecule has 1 aliphatic heterocycles. The molecule has 0 aliphatic carbocycles. The number of anilines is 1. The number of thiophene rings is 1. The molecule has 1 aliphatic rings. The normalized spacial score (nSPS) is 20.1. The molecule has 1 aromatic carbocycles. The van der Waals surface area contributed by atoms with Crippen molar-refractivity contribution in [2.24, 2.45) is 0 Å². The molecule has 3 rings (SSSR count). The van der Waals surface area contributed by atoms with Gasteiger partial charge in [-0.05, 0) is 50.6 Å². The highest BCUT2D eigenvalue weighted by Crippen LogP contribution is 2.29. The average molecular weight is 375 g/mol. The van der Waals surface area contributed by atoms with E-state index in [4.69, 9.17) is 0 Å². The summed E-state index contributed by atoms with van der Waals surface area (Å²) in [6, 6.07) is 7.64. The van der Waals surface area contributed by atoms with Crippen LogP contribution in [0.15, 0.2) is 30.3 Å². The molecular formula is C19H22FN3O2S. The van der Waals surface area contributed by atoms with Gasteiger partial charge in [0.05, 0.1) is 9.88 Å². The molecule has 1 fully saturated rings. The van der Waals surface area contributed by atoms with Crippen molar-refractivity contribution in [3.8, 4) is 0 Å². The maximum atomic E-state index is 13.3. The Morgan fingerprint density at radius 2 is 2.08 bits per heavy atom. The van der Waals surface area contributed by atoms with Crippen molar-refractivity contribution >= 4 is 28.2 Å². The summed E-state index contributed by atoms with van der Waals surface area (Å²) in [7, 11) is 0. The molecule has 7 heteroatoms. The lowest BCUT2D eigenvalue weighted by molar-refractivity contribution is 0.0607. The topological polar surface area (TPSA) is 61.4 Å². The average Bonchev–Trinajstić information content (AvgIpc) is 2.97. The minimum Gasteiger partial charge on any atom is -0.332 e. The van der Waals surface area contributed by atoms with Crippen LogP contribution >= 0.6 is 11.3 Å². The molecule has 2 amide bonds. The lowest BCUT2D eigenvalue weighted by Gasteiger charge is -2.38. The summed E-state index contributed by atoms with van der Waals surface area (Å²) in [4.78, 5) is 27.7. The fourth-order valence-electron chi connectivity index (χ4n) is 3.04. The lowest BCUT2D eigenvalue weighted by Crippen LogP contribution is -2.57. The summed E-state index contributed by atoms with van der Waals surface area (Å²) in [6.45, 7) is 7.38. The lowest BCUT2D eigenvalue weighted by atomic mass is 10.1. The van der Waals surface area contributed by atoms with Gasteiger partial charge in [0, 0.05) is 30.7 Å². The molecule has 1 saturated heterocycles. The van der Waals surface area contributed by atoms with Gasteiger partial charge < -0.3 is 15.5 Å². The van der Waals surface area contributed by atoms with Gasteiger partial charge in [-0.2, -0.15) is 0 Å². The van der Waals surface area contributed by atoms with E-state index < -0.39 is 11.7 Å². The number of aryl methyl sites for hydroxylation is 1. The SMILES string of the molecule is Cc1cc(NC(=O)c2cccc(F)c2)sc1C(=O)N1CCNC(C)C1C. The van der Waals surface area contributed by atoms with Crippen LogP contribution in [-0.4, -0.2) is 41.9 Å². The number of benzene rings is 1. The zero-order valence-electron chi connectivity index (χ0n) is 15.0. The Labute approximate surface area is 156 Å². The predicted molar refractivity (Wildman–Crippen MR) is 101 cm³/mol. The van der Waals surface area contributed by atoms with E-state index >= 15 is 0 Å². The molecule has 1 aromatic heterocycles. The quantitative estimate of drug-likeness (QED) is 0.866. The summed E-state index contributed by atoms with van der Waals surface area (Å²) in [5.74, 6) is -0.869. The Morgan fingerprint density at radius 1 is 1.31 bits per heavy atom. The van der Waals surface area contributed by atoms with Crippen LogP contribution < -0.4 is 10.6 Å². The summed E-state index contributed by atoms with van der Waals surface area (Å²) < 4.78 is 13.3. The Morgan fingerprint density at radius 3 is 2.81 bits per heavy atom. The molecular weight excluding hydrogens is 353 g/mol. The van der Waals surface area contributed by atoms with Gasteiger partial charge in [-0.1, -0.05) is 6.07 Å². The second-order valence-corrected chi connectivity index (χ2v) is 7.62. The molecule has 0 bridgehead atoms. The van der Waals surface area contributed by atoms with E-state index in [2.05, 4.69) is 17.6 Å². The first-order chi connectivity index (χ1) is 12.4. The van der Waals surface area contributed by atoms with E-state index in [0.717, 1.165) is 12.1 Å². The Balaban J connectivity index is 1.76. The monoisotopic (exact) mass is 375 g/mol. The molecule has 0 spiro atoms. The Bertz CT molecular complexity index is 836. The standard InChI is InChI=1S/C19H22FN3O2S/c1-11-9-16(22-18(24)14-5-4-6-15(20)10-14)26-17(11)19(25)23-8-7-21-12(2)13(23)3/h4-6,9-10,12-13,21H,7-8H2,1-3H3,(H,22,24). The number of amides is 2. The molecule has 26 heavy (non-hydrogen) atoms. The van der Waals surface area contributed by atoms with Crippen LogP contribution in [0, 0.1) is 12.7 Å². The van der Waals surface area contributed by atoms with Crippen molar-refractivity contribution in [3.05, 3.63) is 52.2 Å². The number of carbonyl (C=O) groups excluding carboxylic acids is 2. The van der Waals surface area contributed by atoms with E-state index in [1.165, 1.54) is 29.5 Å². The zero-order valence-corrected chi connectivity index (χ0v) is 15.8. The van der Waals surface area contributed by atoms with Gasteiger partial charge in [-0.3, -0.25) is 9.59 Å². The summed E-state index contributed by atoms with van der Waals surface area (Å²) >= 11 is 1.25. The second kappa shape index (κ2) is 7.55. The maximum Gasteiger partial charge on any atom is 0.264 e. The van der Waals surface area contributed by atoms with Gasteiger partial charge in [0.1, 0.15) is 5.82 Å². The molecule has 5 nitrogen and oxygen atoms in total. The van der Waals surface area contributed by atoms with Crippen molar-refractivity contribution in [1.82, 2.24) is 10.2 Å². The van der Waals surface area contributed by atoms with Gasteiger partial charge in [-0.15, -0.1) is 11.3 Å². The van der Waals surface area contributed by atoms with Crippen LogP contribution in [0.5, 0.6) is 0 Å². The second-order valence-electron chi connectivity index (χ2n) is 6.57. The van der Waals surface area contributed by atoms with E-state index in [-0.39, 0.29) is 23.6 Å². The minimum atomic E-state index is -0.460. The highest BCUT2D eigenvalue weighted by atomic mass is 32.1. The molecule has 0 saturated carbocycles. The van der Waals surface area contributed by atoms with Gasteiger partial charge >= 0.3 is 0 Å². The Kier molecular flexibility index (Phi) is 5.38. The fourth-order valence-corrected chi connectivity index (χ4v) is 4.07. The van der Waals surface area contributed by atoms with Crippen LogP contribution in [0.25, 0.3) is 0 Å². The van der Waals surface area contributed by atoms with Crippen molar-refractivity contribution < 1.29 is 14.0 Å². The number of hydrogen-bond acceptors (Lipinski definition) is 4. The van der Waals surface area contributed by atoms with E-state index in [1.54, 1.807) is 12.1 Å². The fraction of sp³-hybridized carbons (Fsp3) is 0.368. The number of rotatable bonds is 3. The first-order valence-corrected chi connectivity index (χ1v) is 9.40. The predicted octanol–water partition coefficient (Wildman–Crippen LogP) is 3.27. The van der Waals surface area contributed by atoms with Crippen molar-refractivity contribution in [2.75, 3.05) is 18.4 Å². The minimum absolute atomic E-state index is 0.0143. The third-order valence-corrected chi connectivity index (χ3v) is 5.87. The third-order valence-electron chi connectivity index (χ3n) is 4.73. The summed E-state index contributed by atoms with van der Waals surface area (Å²) in [5, 5.41) is 6.69. The highest BCUT2D eigenvalue weighted by Gasteiger charge is 2.30. The number of nitrogens with zero attached hydrogens (tertiary/aromatic N) is 1. The number of nitrogens with one attached hydrogen (secondary N) is 2. The van der Waals surface area contributed by atoms with E-state index in [0.29, 0.717) is 16.4 Å². The first kappa shape index (κ1) is 18.5. The smallest absolute Gasteiger partial charge is 0.264 e. The molecule has 2 aromatic rings. The number of hydrogen-bond donors (Lipinski definition) is 2. The largest absolute Gasteiger partial charge is 0.332 e. The number of carbonyl (C=O) groups is 2. The molecule has 2 atom stereocenters. The van der Waals surface area contributed by atoms with Gasteiger partial charge in [-0.25, -0.2) is 4.39 Å². The van der Waals surface area contributed by atoms with Crippen molar-refractivity contribution in [2.45, 2.75) is 32.9 Å².